The van der Waals surface area contributed by atoms with E-state index in [1.54, 1.807) is 6.07 Å². The molecule has 0 aliphatic rings. The second-order valence-corrected chi connectivity index (χ2v) is 4.76. The van der Waals surface area contributed by atoms with Gasteiger partial charge in [-0.1, -0.05) is 6.07 Å². The number of alkyl halides is 3. The van der Waals surface area contributed by atoms with Gasteiger partial charge in [-0.05, 0) is 17.7 Å². The molecule has 0 fully saturated rings. The van der Waals surface area contributed by atoms with Crippen LogP contribution in [0.1, 0.15) is 5.56 Å². The van der Waals surface area contributed by atoms with Crippen molar-refractivity contribution in [2.45, 2.75) is 12.7 Å². The van der Waals surface area contributed by atoms with E-state index in [9.17, 15) is 27.2 Å². The molecule has 1 N–H and O–H groups in total. The molecule has 0 atom stereocenters. The molecule has 0 spiro atoms. The Morgan fingerprint density at radius 2 is 1.96 bits per heavy atom. The van der Waals surface area contributed by atoms with Crippen LogP contribution in [0.2, 0.25) is 0 Å². The number of nitrogens with zero attached hydrogens (tertiary/aromatic N) is 1. The van der Waals surface area contributed by atoms with E-state index in [4.69, 9.17) is 4.74 Å². The third-order valence-corrected chi connectivity index (χ3v) is 2.81. The van der Waals surface area contributed by atoms with E-state index in [1.807, 2.05) is 5.32 Å². The quantitative estimate of drug-likeness (QED) is 0.796. The number of rotatable bonds is 6. The van der Waals surface area contributed by atoms with Crippen molar-refractivity contribution in [3.05, 3.63) is 29.6 Å². The number of amides is 2. The summed E-state index contributed by atoms with van der Waals surface area (Å²) in [6, 6.07) is 4.14. The summed E-state index contributed by atoms with van der Waals surface area (Å²) in [6.07, 6.45) is -6.00. The second-order valence-electron chi connectivity index (χ2n) is 4.76. The van der Waals surface area contributed by atoms with E-state index in [0.29, 0.717) is 5.56 Å². The first-order chi connectivity index (χ1) is 11.1. The molecular weight excluding hydrogens is 336 g/mol. The molecule has 0 bridgehead atoms. The summed E-state index contributed by atoms with van der Waals surface area (Å²) < 4.78 is 57.8. The molecule has 134 valence electrons. The largest absolute Gasteiger partial charge is 0.494 e. The number of hydrogen-bond donors (Lipinski definition) is 1. The van der Waals surface area contributed by atoms with Crippen LogP contribution in [0.25, 0.3) is 0 Å². The Morgan fingerprint density at radius 3 is 2.50 bits per heavy atom. The molecule has 6 nitrogen and oxygen atoms in total. The Bertz CT molecular complexity index is 593. The maximum atomic E-state index is 13.5. The van der Waals surface area contributed by atoms with Gasteiger partial charge < -0.3 is 19.7 Å². The van der Waals surface area contributed by atoms with Gasteiger partial charge in [0.25, 0.3) is 0 Å². The summed E-state index contributed by atoms with van der Waals surface area (Å²) >= 11 is 0. The average molecular weight is 352 g/mol. The van der Waals surface area contributed by atoms with Gasteiger partial charge in [0.15, 0.2) is 18.2 Å². The zero-order valence-corrected chi connectivity index (χ0v) is 12.9. The molecule has 1 rings (SSSR count). The van der Waals surface area contributed by atoms with E-state index in [-0.39, 0.29) is 12.3 Å². The number of benzene rings is 1. The van der Waals surface area contributed by atoms with Crippen LogP contribution in [0.4, 0.5) is 22.4 Å². The monoisotopic (exact) mass is 352 g/mol. The lowest BCUT2D eigenvalue weighted by molar-refractivity contribution is -0.160. The van der Waals surface area contributed by atoms with Crippen molar-refractivity contribution in [1.29, 1.82) is 0 Å². The number of likely N-dealkylation sites (N-methyl/N-ethyl adjacent to an activating group) is 1. The number of methoxy groups -OCH3 is 1. The van der Waals surface area contributed by atoms with Gasteiger partial charge in [-0.3, -0.25) is 4.79 Å². The van der Waals surface area contributed by atoms with Gasteiger partial charge in [0.2, 0.25) is 5.91 Å². The highest BCUT2D eigenvalue weighted by Gasteiger charge is 2.29. The number of nitrogens with one attached hydrogen (secondary N) is 1. The molecule has 1 aromatic carbocycles. The molecule has 0 saturated carbocycles. The Morgan fingerprint density at radius 1 is 1.29 bits per heavy atom. The zero-order valence-electron chi connectivity index (χ0n) is 12.9. The molecule has 10 heteroatoms. The van der Waals surface area contributed by atoms with Gasteiger partial charge in [0.1, 0.15) is 6.54 Å². The van der Waals surface area contributed by atoms with Crippen LogP contribution < -0.4 is 10.1 Å². The minimum absolute atomic E-state index is 0.0407. The SMILES string of the molecule is COc1ccc(CN(C)C(=O)CNC(=O)OCC(F)(F)F)cc1F. The van der Waals surface area contributed by atoms with Crippen molar-refractivity contribution in [3.63, 3.8) is 0 Å². The normalized spacial score (nSPS) is 10.9. The highest BCUT2D eigenvalue weighted by atomic mass is 19.4. The molecule has 1 aromatic rings. The Kier molecular flexibility index (Phi) is 6.81. The fourth-order valence-electron chi connectivity index (χ4n) is 1.65. The van der Waals surface area contributed by atoms with Gasteiger partial charge >= 0.3 is 12.3 Å². The van der Waals surface area contributed by atoms with Crippen LogP contribution in [-0.4, -0.2) is 50.4 Å². The molecule has 0 radical (unpaired) electrons. The first-order valence-electron chi connectivity index (χ1n) is 6.66. The van der Waals surface area contributed by atoms with Crippen molar-refractivity contribution in [3.8, 4) is 5.75 Å². The summed E-state index contributed by atoms with van der Waals surface area (Å²) in [5, 5.41) is 1.90. The minimum Gasteiger partial charge on any atom is -0.494 e. The van der Waals surface area contributed by atoms with E-state index in [0.717, 1.165) is 0 Å². The number of hydrogen-bond acceptors (Lipinski definition) is 4. The third kappa shape index (κ3) is 6.71. The van der Waals surface area contributed by atoms with E-state index in [2.05, 4.69) is 4.74 Å². The summed E-state index contributed by atoms with van der Waals surface area (Å²) in [5.41, 5.74) is 0.476. The van der Waals surface area contributed by atoms with Gasteiger partial charge in [0.05, 0.1) is 7.11 Å². The number of carbonyl (C=O) groups is 2. The number of ether oxygens (including phenoxy) is 2. The molecule has 0 aliphatic carbocycles. The number of halogens is 4. The topological polar surface area (TPSA) is 67.9 Å². The van der Waals surface area contributed by atoms with E-state index < -0.39 is 37.1 Å². The third-order valence-electron chi connectivity index (χ3n) is 2.81. The summed E-state index contributed by atoms with van der Waals surface area (Å²) in [6.45, 7) is -2.25. The highest BCUT2D eigenvalue weighted by molar-refractivity contribution is 5.82. The minimum atomic E-state index is -4.64. The summed E-state index contributed by atoms with van der Waals surface area (Å²) in [7, 11) is 2.71. The average Bonchev–Trinajstić information content (AvgIpc) is 2.50. The van der Waals surface area contributed by atoms with E-state index in [1.165, 1.54) is 31.2 Å². The predicted octanol–water partition coefficient (Wildman–Crippen LogP) is 2.08. The summed E-state index contributed by atoms with van der Waals surface area (Å²) in [4.78, 5) is 24.0. The first-order valence-corrected chi connectivity index (χ1v) is 6.66. The smallest absolute Gasteiger partial charge is 0.422 e. The standard InChI is InChI=1S/C14H16F4N2O4/c1-20(7-9-3-4-11(23-2)10(15)5-9)12(21)6-19-13(22)24-8-14(16,17)18/h3-5H,6-8H2,1-2H3,(H,19,22). The fourth-order valence-corrected chi connectivity index (χ4v) is 1.65. The van der Waals surface area contributed by atoms with Crippen molar-refractivity contribution < 1.29 is 36.6 Å². The number of alkyl carbamates (subject to hydrolysis) is 1. The molecule has 2 amide bonds. The Hall–Kier alpha value is -2.52. The maximum Gasteiger partial charge on any atom is 0.422 e. The van der Waals surface area contributed by atoms with Gasteiger partial charge in [-0.25, -0.2) is 9.18 Å². The Labute approximate surface area is 135 Å². The van der Waals surface area contributed by atoms with Crippen molar-refractivity contribution in [2.75, 3.05) is 27.3 Å². The molecular formula is C14H16F4N2O4. The highest BCUT2D eigenvalue weighted by Crippen LogP contribution is 2.18. The zero-order chi connectivity index (χ0) is 18.3. The predicted molar refractivity (Wildman–Crippen MR) is 74.8 cm³/mol. The molecule has 0 heterocycles. The lowest BCUT2D eigenvalue weighted by Gasteiger charge is -2.18. The van der Waals surface area contributed by atoms with Crippen LogP contribution >= 0.6 is 0 Å². The first kappa shape index (κ1) is 19.5. The molecule has 0 unspecified atom stereocenters. The van der Waals surface area contributed by atoms with Crippen LogP contribution in [0.3, 0.4) is 0 Å². The van der Waals surface area contributed by atoms with Crippen LogP contribution in [0.15, 0.2) is 18.2 Å². The van der Waals surface area contributed by atoms with Crippen LogP contribution in [-0.2, 0) is 16.1 Å². The van der Waals surface area contributed by atoms with Gasteiger partial charge in [-0.15, -0.1) is 0 Å². The van der Waals surface area contributed by atoms with Crippen molar-refractivity contribution in [2.24, 2.45) is 0 Å². The molecule has 0 aliphatic heterocycles. The van der Waals surface area contributed by atoms with E-state index >= 15 is 0 Å². The maximum absolute atomic E-state index is 13.5. The summed E-state index contributed by atoms with van der Waals surface area (Å²) in [5.74, 6) is -1.12. The van der Waals surface area contributed by atoms with Crippen molar-refractivity contribution >= 4 is 12.0 Å². The lowest BCUT2D eigenvalue weighted by Crippen LogP contribution is -2.38. The fraction of sp³-hybridized carbons (Fsp3) is 0.429. The number of carbonyl (C=O) groups excluding carboxylic acids is 2. The van der Waals surface area contributed by atoms with Crippen LogP contribution in [0.5, 0.6) is 5.75 Å². The van der Waals surface area contributed by atoms with Crippen molar-refractivity contribution in [1.82, 2.24) is 10.2 Å². The lowest BCUT2D eigenvalue weighted by atomic mass is 10.2. The van der Waals surface area contributed by atoms with Gasteiger partial charge in [0, 0.05) is 13.6 Å². The Balaban J connectivity index is 2.45. The van der Waals surface area contributed by atoms with Crippen LogP contribution in [0, 0.1) is 5.82 Å². The molecule has 24 heavy (non-hydrogen) atoms. The second kappa shape index (κ2) is 8.37. The molecule has 0 aromatic heterocycles. The van der Waals surface area contributed by atoms with Gasteiger partial charge in [-0.2, -0.15) is 13.2 Å². The molecule has 0 saturated heterocycles.